The maximum Gasteiger partial charge on any atom is 0.0685 e. The maximum atomic E-state index is 9.94. The Morgan fingerprint density at radius 3 is 2.82 bits per heavy atom. The van der Waals surface area contributed by atoms with Gasteiger partial charge >= 0.3 is 0 Å². The lowest BCUT2D eigenvalue weighted by molar-refractivity contribution is 0.0236. The number of rotatable bonds is 2. The summed E-state index contributed by atoms with van der Waals surface area (Å²) in [4.78, 5) is 0. The molecule has 0 spiro atoms. The third-order valence-electron chi connectivity index (χ3n) is 2.71. The third-order valence-corrected chi connectivity index (χ3v) is 2.71. The summed E-state index contributed by atoms with van der Waals surface area (Å²) in [7, 11) is 0. The zero-order chi connectivity index (χ0) is 8.32. The summed E-state index contributed by atoms with van der Waals surface area (Å²) in [6.45, 7) is 4.23. The van der Waals surface area contributed by atoms with Crippen molar-refractivity contribution in [3.05, 3.63) is 11.6 Å². The van der Waals surface area contributed by atoms with Gasteiger partial charge in [-0.25, -0.2) is 0 Å². The van der Waals surface area contributed by atoms with Crippen molar-refractivity contribution >= 4 is 0 Å². The second kappa shape index (κ2) is 3.40. The Balaban J connectivity index is 2.59. The predicted octanol–water partition coefficient (Wildman–Crippen LogP) is 2.65. The molecular weight excluding hydrogens is 136 g/mol. The zero-order valence-corrected chi connectivity index (χ0v) is 7.56. The van der Waals surface area contributed by atoms with Gasteiger partial charge in [0.2, 0.25) is 0 Å². The minimum Gasteiger partial charge on any atom is -0.390 e. The van der Waals surface area contributed by atoms with Gasteiger partial charge in [-0.3, -0.25) is 0 Å². The smallest absolute Gasteiger partial charge is 0.0685 e. The van der Waals surface area contributed by atoms with Crippen molar-refractivity contribution in [2.75, 3.05) is 0 Å². The van der Waals surface area contributed by atoms with Gasteiger partial charge < -0.3 is 5.11 Å². The van der Waals surface area contributed by atoms with Crippen LogP contribution in [0.1, 0.15) is 46.0 Å². The van der Waals surface area contributed by atoms with Crippen LogP contribution in [0, 0.1) is 0 Å². The fourth-order valence-corrected chi connectivity index (χ4v) is 1.70. The number of hydrogen-bond acceptors (Lipinski definition) is 1. The number of allylic oxidation sites excluding steroid dienone is 1. The topological polar surface area (TPSA) is 20.2 Å². The predicted molar refractivity (Wildman–Crippen MR) is 47.5 cm³/mol. The summed E-state index contributed by atoms with van der Waals surface area (Å²) in [5.74, 6) is 0. The summed E-state index contributed by atoms with van der Waals surface area (Å²) >= 11 is 0. The van der Waals surface area contributed by atoms with Crippen LogP contribution in [0.5, 0.6) is 0 Å². The summed E-state index contributed by atoms with van der Waals surface area (Å²) in [5.41, 5.74) is 1.06. The van der Waals surface area contributed by atoms with E-state index in [0.717, 1.165) is 32.1 Å². The molecule has 0 aromatic heterocycles. The van der Waals surface area contributed by atoms with Crippen LogP contribution in [0.15, 0.2) is 11.6 Å². The molecule has 1 N–H and O–H groups in total. The molecule has 0 saturated carbocycles. The van der Waals surface area contributed by atoms with Crippen LogP contribution >= 0.6 is 0 Å². The van der Waals surface area contributed by atoms with Gasteiger partial charge in [-0.1, -0.05) is 25.5 Å². The molecule has 0 aliphatic heterocycles. The summed E-state index contributed by atoms with van der Waals surface area (Å²) < 4.78 is 0. The molecule has 0 heterocycles. The zero-order valence-electron chi connectivity index (χ0n) is 7.56. The molecule has 0 aromatic carbocycles. The SMILES string of the molecule is CCC1=CCCC(O)(CC)C1. The van der Waals surface area contributed by atoms with Gasteiger partial charge in [0.05, 0.1) is 5.60 Å². The van der Waals surface area contributed by atoms with E-state index in [4.69, 9.17) is 0 Å². The highest BCUT2D eigenvalue weighted by molar-refractivity contribution is 5.10. The van der Waals surface area contributed by atoms with Crippen molar-refractivity contribution < 1.29 is 5.11 Å². The number of hydrogen-bond donors (Lipinski definition) is 1. The quantitative estimate of drug-likeness (QED) is 0.606. The van der Waals surface area contributed by atoms with Crippen molar-refractivity contribution in [1.29, 1.82) is 0 Å². The monoisotopic (exact) mass is 154 g/mol. The van der Waals surface area contributed by atoms with Crippen LogP contribution in [-0.4, -0.2) is 10.7 Å². The lowest BCUT2D eigenvalue weighted by atomic mass is 9.82. The number of aliphatic hydroxyl groups is 1. The standard InChI is InChI=1S/C10H18O/c1-3-9-6-5-7-10(11,4-2)8-9/h6,11H,3-5,7-8H2,1-2H3. The fraction of sp³-hybridized carbons (Fsp3) is 0.800. The van der Waals surface area contributed by atoms with Crippen LogP contribution < -0.4 is 0 Å². The Hall–Kier alpha value is -0.300. The first-order chi connectivity index (χ1) is 5.20. The van der Waals surface area contributed by atoms with E-state index < -0.39 is 0 Å². The Bertz CT molecular complexity index is 160. The molecular formula is C10H18O. The molecule has 1 aliphatic carbocycles. The first-order valence-corrected chi connectivity index (χ1v) is 4.60. The second-order valence-corrected chi connectivity index (χ2v) is 3.51. The van der Waals surface area contributed by atoms with Gasteiger partial charge in [0.25, 0.3) is 0 Å². The van der Waals surface area contributed by atoms with Crippen LogP contribution in [0.3, 0.4) is 0 Å². The van der Waals surface area contributed by atoms with Crippen molar-refractivity contribution in [3.63, 3.8) is 0 Å². The van der Waals surface area contributed by atoms with Gasteiger partial charge in [0, 0.05) is 0 Å². The van der Waals surface area contributed by atoms with E-state index in [1.165, 1.54) is 5.57 Å². The van der Waals surface area contributed by atoms with Gasteiger partial charge in [-0.05, 0) is 32.1 Å². The van der Waals surface area contributed by atoms with E-state index in [9.17, 15) is 5.11 Å². The molecule has 0 fully saturated rings. The molecule has 11 heavy (non-hydrogen) atoms. The van der Waals surface area contributed by atoms with Crippen LogP contribution in [-0.2, 0) is 0 Å². The van der Waals surface area contributed by atoms with Crippen LogP contribution in [0.2, 0.25) is 0 Å². The Morgan fingerprint density at radius 2 is 2.27 bits per heavy atom. The van der Waals surface area contributed by atoms with E-state index in [-0.39, 0.29) is 5.60 Å². The largest absolute Gasteiger partial charge is 0.390 e. The normalized spacial score (nSPS) is 31.7. The third kappa shape index (κ3) is 2.06. The molecule has 0 bridgehead atoms. The Labute approximate surface area is 69.1 Å². The Morgan fingerprint density at radius 1 is 1.55 bits per heavy atom. The van der Waals surface area contributed by atoms with Gasteiger partial charge in [0.15, 0.2) is 0 Å². The first-order valence-electron chi connectivity index (χ1n) is 4.60. The molecule has 64 valence electrons. The molecule has 0 saturated heterocycles. The minimum absolute atomic E-state index is 0.375. The van der Waals surface area contributed by atoms with Crippen molar-refractivity contribution in [2.24, 2.45) is 0 Å². The van der Waals surface area contributed by atoms with Gasteiger partial charge in [-0.15, -0.1) is 0 Å². The maximum absolute atomic E-state index is 9.94. The van der Waals surface area contributed by atoms with E-state index in [1.54, 1.807) is 0 Å². The van der Waals surface area contributed by atoms with Crippen molar-refractivity contribution in [2.45, 2.75) is 51.6 Å². The van der Waals surface area contributed by atoms with E-state index >= 15 is 0 Å². The average molecular weight is 154 g/mol. The second-order valence-electron chi connectivity index (χ2n) is 3.51. The lowest BCUT2D eigenvalue weighted by Gasteiger charge is -2.31. The summed E-state index contributed by atoms with van der Waals surface area (Å²) in [6, 6.07) is 0. The Kier molecular flexibility index (Phi) is 2.72. The average Bonchev–Trinajstić information content (AvgIpc) is 2.05. The van der Waals surface area contributed by atoms with Crippen molar-refractivity contribution in [1.82, 2.24) is 0 Å². The molecule has 1 rings (SSSR count). The molecule has 0 aromatic rings. The highest BCUT2D eigenvalue weighted by Gasteiger charge is 2.27. The van der Waals surface area contributed by atoms with Crippen LogP contribution in [0.25, 0.3) is 0 Å². The van der Waals surface area contributed by atoms with Crippen LogP contribution in [0.4, 0.5) is 0 Å². The molecule has 1 atom stereocenters. The molecule has 1 unspecified atom stereocenters. The molecule has 1 heteroatoms. The highest BCUT2D eigenvalue weighted by Crippen LogP contribution is 2.31. The fourth-order valence-electron chi connectivity index (χ4n) is 1.70. The summed E-state index contributed by atoms with van der Waals surface area (Å²) in [6.07, 6.45) is 7.19. The minimum atomic E-state index is -0.375. The summed E-state index contributed by atoms with van der Waals surface area (Å²) in [5, 5.41) is 9.94. The molecule has 1 aliphatic rings. The first kappa shape index (κ1) is 8.79. The van der Waals surface area contributed by atoms with E-state index in [1.807, 2.05) is 0 Å². The van der Waals surface area contributed by atoms with E-state index in [2.05, 4.69) is 19.9 Å². The molecule has 1 nitrogen and oxygen atoms in total. The van der Waals surface area contributed by atoms with Gasteiger partial charge in [0.1, 0.15) is 0 Å². The van der Waals surface area contributed by atoms with E-state index in [0.29, 0.717) is 0 Å². The molecule has 0 radical (unpaired) electrons. The molecule has 0 amide bonds. The lowest BCUT2D eigenvalue weighted by Crippen LogP contribution is -2.30. The highest BCUT2D eigenvalue weighted by atomic mass is 16.3. The van der Waals surface area contributed by atoms with Crippen molar-refractivity contribution in [3.8, 4) is 0 Å². The van der Waals surface area contributed by atoms with Gasteiger partial charge in [-0.2, -0.15) is 0 Å².